The van der Waals surface area contributed by atoms with Gasteiger partial charge in [-0.05, 0) is 64.1 Å². The molecule has 1 aliphatic rings. The fourth-order valence-electron chi connectivity index (χ4n) is 5.35. The maximum Gasteiger partial charge on any atom is 0.140 e. The maximum atomic E-state index is 5.69. The van der Waals surface area contributed by atoms with Crippen molar-refractivity contribution in [1.82, 2.24) is 4.57 Å². The number of hydrogen-bond donors (Lipinski definition) is 0. The Morgan fingerprint density at radius 3 is 1.82 bits per heavy atom. The Kier molecular flexibility index (Phi) is 6.13. The summed E-state index contributed by atoms with van der Waals surface area (Å²) in [6.45, 7) is 8.67. The molecule has 0 bridgehead atoms. The van der Waals surface area contributed by atoms with E-state index in [1.165, 1.54) is 33.1 Å². The van der Waals surface area contributed by atoms with Gasteiger partial charge in [0.25, 0.3) is 0 Å². The molecule has 1 aliphatic heterocycles. The van der Waals surface area contributed by atoms with E-state index in [1.54, 1.807) is 0 Å². The number of para-hydroxylation sites is 1. The van der Waals surface area contributed by atoms with Gasteiger partial charge in [0.15, 0.2) is 0 Å². The van der Waals surface area contributed by atoms with E-state index < -0.39 is 7.21 Å². The number of rotatable bonds is 4. The van der Waals surface area contributed by atoms with E-state index in [9.17, 15) is 0 Å². The van der Waals surface area contributed by atoms with Crippen molar-refractivity contribution in [3.05, 3.63) is 137 Å². The van der Waals surface area contributed by atoms with E-state index in [-0.39, 0.29) is 0 Å². The first-order valence-corrected chi connectivity index (χ1v) is 14.6. The molecule has 6 rings (SSSR count). The normalized spacial score (nSPS) is 16.4. The Hall–Kier alpha value is -4.14. The van der Waals surface area contributed by atoms with Gasteiger partial charge in [0.2, 0.25) is 0 Å². The van der Waals surface area contributed by atoms with E-state index >= 15 is 0 Å². The van der Waals surface area contributed by atoms with E-state index in [1.807, 2.05) is 12.3 Å². The molecule has 0 saturated carbocycles. The van der Waals surface area contributed by atoms with Gasteiger partial charge in [0, 0.05) is 33.2 Å². The van der Waals surface area contributed by atoms with Crippen LogP contribution in [0.1, 0.15) is 28.1 Å². The number of fused-ring (bicyclic) bond motifs is 1. The van der Waals surface area contributed by atoms with Crippen molar-refractivity contribution in [3.8, 4) is 5.69 Å². The third-order valence-corrected chi connectivity index (χ3v) is 10.8. The molecule has 0 fully saturated rings. The Morgan fingerprint density at radius 2 is 1.18 bits per heavy atom. The Bertz CT molecular complexity index is 1680. The molecule has 4 nitrogen and oxygen atoms in total. The molecule has 1 unspecified atom stereocenters. The standard InChI is InChI=1S/C33H31N4P/c1-24-15-19-28(20-16-24)35-38(31-13-9-6-10-14-31)33-27(4)36(29-21-17-25(2)18-22-29)26(3)32(33)23-34-37(38)30-11-7-5-8-12-30/h5-23H,1-4H3. The quantitative estimate of drug-likeness (QED) is 0.224. The summed E-state index contributed by atoms with van der Waals surface area (Å²) in [5.41, 5.74) is 9.14. The minimum atomic E-state index is -2.64. The fraction of sp³-hybridized carbons (Fsp3) is 0.121. The minimum absolute atomic E-state index is 0.955. The number of anilines is 1. The number of hydrazone groups is 1. The van der Waals surface area contributed by atoms with Gasteiger partial charge in [-0.1, -0.05) is 83.9 Å². The van der Waals surface area contributed by atoms with Crippen molar-refractivity contribution < 1.29 is 0 Å². The van der Waals surface area contributed by atoms with Gasteiger partial charge < -0.3 is 4.57 Å². The molecule has 0 spiro atoms. The van der Waals surface area contributed by atoms with Crippen molar-refractivity contribution in [3.63, 3.8) is 0 Å². The van der Waals surface area contributed by atoms with Crippen molar-refractivity contribution in [2.45, 2.75) is 27.7 Å². The maximum absolute atomic E-state index is 5.69. The molecule has 0 N–H and O–H groups in total. The molecule has 38 heavy (non-hydrogen) atoms. The van der Waals surface area contributed by atoms with Crippen LogP contribution >= 0.6 is 7.21 Å². The summed E-state index contributed by atoms with van der Waals surface area (Å²) in [5, 5.41) is 7.58. The van der Waals surface area contributed by atoms with E-state index in [2.05, 4.69) is 140 Å². The SMILES string of the molecule is Cc1ccc(N=P2(c3ccccc3)c3c(c(C)n(-c4ccc(C)cc4)c3C)C=NN2c2ccccc2)cc1. The molecule has 0 amide bonds. The van der Waals surface area contributed by atoms with Crippen molar-refractivity contribution in [2.75, 3.05) is 4.78 Å². The third kappa shape index (κ3) is 3.93. The van der Waals surface area contributed by atoms with Crippen LogP contribution in [0.5, 0.6) is 0 Å². The van der Waals surface area contributed by atoms with Crippen LogP contribution in [0.3, 0.4) is 0 Å². The summed E-state index contributed by atoms with van der Waals surface area (Å²) in [7, 11) is -2.64. The zero-order chi connectivity index (χ0) is 26.3. The van der Waals surface area contributed by atoms with Gasteiger partial charge in [-0.25, -0.2) is 9.52 Å². The summed E-state index contributed by atoms with van der Waals surface area (Å²) >= 11 is 0. The predicted molar refractivity (Wildman–Crippen MR) is 162 cm³/mol. The number of nitrogens with zero attached hydrogens (tertiary/aromatic N) is 4. The van der Waals surface area contributed by atoms with Crippen LogP contribution in [0.4, 0.5) is 11.4 Å². The Labute approximate surface area is 225 Å². The number of benzene rings is 4. The van der Waals surface area contributed by atoms with Crippen molar-refractivity contribution >= 4 is 35.4 Å². The molecule has 1 aromatic heterocycles. The van der Waals surface area contributed by atoms with Crippen molar-refractivity contribution in [2.24, 2.45) is 9.85 Å². The van der Waals surface area contributed by atoms with Crippen LogP contribution in [0.25, 0.3) is 5.69 Å². The lowest BCUT2D eigenvalue weighted by molar-refractivity contribution is 0.967. The highest BCUT2D eigenvalue weighted by Crippen LogP contribution is 2.58. The zero-order valence-corrected chi connectivity index (χ0v) is 23.1. The number of aromatic nitrogens is 1. The second-order valence-corrected chi connectivity index (χ2v) is 12.6. The van der Waals surface area contributed by atoms with Crippen LogP contribution in [-0.2, 0) is 0 Å². The molecule has 0 aliphatic carbocycles. The molecule has 188 valence electrons. The Balaban J connectivity index is 1.75. The molecular weight excluding hydrogens is 483 g/mol. The average Bonchev–Trinajstić information content (AvgIpc) is 3.21. The van der Waals surface area contributed by atoms with E-state index in [4.69, 9.17) is 9.85 Å². The summed E-state index contributed by atoms with van der Waals surface area (Å²) in [5.74, 6) is 0. The number of aryl methyl sites for hydroxylation is 2. The molecule has 4 aromatic carbocycles. The first kappa shape index (κ1) is 24.2. The second-order valence-electron chi connectivity index (χ2n) is 9.85. The van der Waals surface area contributed by atoms with Crippen LogP contribution in [0.2, 0.25) is 0 Å². The number of hydrogen-bond acceptors (Lipinski definition) is 2. The largest absolute Gasteiger partial charge is 0.317 e. The highest BCUT2D eigenvalue weighted by atomic mass is 31.2. The Morgan fingerprint density at radius 1 is 0.605 bits per heavy atom. The van der Waals surface area contributed by atoms with Crippen LogP contribution < -0.4 is 15.4 Å². The van der Waals surface area contributed by atoms with E-state index in [0.717, 1.165) is 22.6 Å². The molecule has 0 radical (unpaired) electrons. The predicted octanol–water partition coefficient (Wildman–Crippen LogP) is 7.96. The molecule has 0 saturated heterocycles. The van der Waals surface area contributed by atoms with Gasteiger partial charge in [0.05, 0.1) is 17.6 Å². The highest BCUT2D eigenvalue weighted by molar-refractivity contribution is 7.82. The molecule has 5 aromatic rings. The monoisotopic (exact) mass is 514 g/mol. The third-order valence-electron chi connectivity index (χ3n) is 7.23. The lowest BCUT2D eigenvalue weighted by Crippen LogP contribution is -2.34. The summed E-state index contributed by atoms with van der Waals surface area (Å²) in [6.07, 6.45) is 2.03. The van der Waals surface area contributed by atoms with Crippen LogP contribution in [0, 0.1) is 27.7 Å². The minimum Gasteiger partial charge on any atom is -0.317 e. The lowest BCUT2D eigenvalue weighted by atomic mass is 10.2. The average molecular weight is 515 g/mol. The smallest absolute Gasteiger partial charge is 0.140 e. The van der Waals surface area contributed by atoms with Gasteiger partial charge in [-0.2, -0.15) is 5.10 Å². The molecular formula is C33H31N4P. The molecule has 1 atom stereocenters. The zero-order valence-electron chi connectivity index (χ0n) is 22.2. The van der Waals surface area contributed by atoms with Crippen molar-refractivity contribution in [1.29, 1.82) is 0 Å². The fourth-order valence-corrected chi connectivity index (χ4v) is 9.15. The topological polar surface area (TPSA) is 32.9 Å². The first-order chi connectivity index (χ1) is 18.5. The second kappa shape index (κ2) is 9.63. The van der Waals surface area contributed by atoms with E-state index in [0.29, 0.717) is 0 Å². The highest BCUT2D eigenvalue weighted by Gasteiger charge is 2.41. The van der Waals surface area contributed by atoms with Gasteiger partial charge in [0.1, 0.15) is 7.21 Å². The summed E-state index contributed by atoms with van der Waals surface area (Å²) in [4.78, 5) is 0. The summed E-state index contributed by atoms with van der Waals surface area (Å²) < 4.78 is 10.3. The van der Waals surface area contributed by atoms with Gasteiger partial charge in [-0.3, -0.25) is 0 Å². The van der Waals surface area contributed by atoms with Crippen LogP contribution in [-0.4, -0.2) is 10.8 Å². The molecule has 2 heterocycles. The summed E-state index contributed by atoms with van der Waals surface area (Å²) in [6, 6.07) is 38.4. The first-order valence-electron chi connectivity index (χ1n) is 12.9. The van der Waals surface area contributed by atoms with Gasteiger partial charge in [-0.15, -0.1) is 0 Å². The van der Waals surface area contributed by atoms with Gasteiger partial charge >= 0.3 is 0 Å². The lowest BCUT2D eigenvalue weighted by Gasteiger charge is -2.38. The van der Waals surface area contributed by atoms with Crippen LogP contribution in [0.15, 0.2) is 119 Å². The molecule has 5 heteroatoms.